The van der Waals surface area contributed by atoms with Crippen molar-refractivity contribution in [2.75, 3.05) is 18.2 Å². The second-order valence-electron chi connectivity index (χ2n) is 2.83. The lowest BCUT2D eigenvalue weighted by Crippen LogP contribution is -2.23. The van der Waals surface area contributed by atoms with Crippen LogP contribution in [0.15, 0.2) is 24.3 Å². The highest BCUT2D eigenvalue weighted by atomic mass is 16.3. The Morgan fingerprint density at radius 1 is 1.25 bits per heavy atom. The SMILES string of the molecule is CCN(CO)c1ccc(C)cc1. The molecule has 0 aliphatic carbocycles. The van der Waals surface area contributed by atoms with Gasteiger partial charge in [0.1, 0.15) is 6.73 Å². The van der Waals surface area contributed by atoms with Crippen molar-refractivity contribution in [2.45, 2.75) is 13.8 Å². The van der Waals surface area contributed by atoms with E-state index in [1.165, 1.54) is 5.56 Å². The zero-order valence-electron chi connectivity index (χ0n) is 7.62. The van der Waals surface area contributed by atoms with E-state index in [2.05, 4.69) is 6.92 Å². The highest BCUT2D eigenvalue weighted by Crippen LogP contribution is 2.13. The van der Waals surface area contributed by atoms with Crippen molar-refractivity contribution in [3.63, 3.8) is 0 Å². The molecular weight excluding hydrogens is 150 g/mol. The van der Waals surface area contributed by atoms with Gasteiger partial charge in [0, 0.05) is 12.2 Å². The Kier molecular flexibility index (Phi) is 3.11. The Morgan fingerprint density at radius 2 is 1.83 bits per heavy atom. The number of rotatable bonds is 3. The van der Waals surface area contributed by atoms with Crippen LogP contribution in [-0.2, 0) is 0 Å². The van der Waals surface area contributed by atoms with Crippen molar-refractivity contribution >= 4 is 5.69 Å². The lowest BCUT2D eigenvalue weighted by atomic mass is 10.2. The number of anilines is 1. The molecule has 0 aliphatic heterocycles. The third-order valence-electron chi connectivity index (χ3n) is 1.95. The smallest absolute Gasteiger partial charge is 0.115 e. The van der Waals surface area contributed by atoms with Gasteiger partial charge in [-0.1, -0.05) is 17.7 Å². The van der Waals surface area contributed by atoms with Gasteiger partial charge in [-0.25, -0.2) is 0 Å². The Morgan fingerprint density at radius 3 is 2.25 bits per heavy atom. The first-order chi connectivity index (χ1) is 5.77. The Balaban J connectivity index is 2.80. The predicted octanol–water partition coefficient (Wildman–Crippen LogP) is 1.77. The van der Waals surface area contributed by atoms with Gasteiger partial charge in [-0.15, -0.1) is 0 Å². The molecule has 0 spiro atoms. The standard InChI is InChI=1S/C10H15NO/c1-3-11(8-12)10-6-4-9(2)5-7-10/h4-7,12H,3,8H2,1-2H3. The molecule has 1 rings (SSSR count). The van der Waals surface area contributed by atoms with Crippen LogP contribution in [-0.4, -0.2) is 18.4 Å². The molecule has 0 atom stereocenters. The van der Waals surface area contributed by atoms with Gasteiger partial charge in [-0.2, -0.15) is 0 Å². The van der Waals surface area contributed by atoms with Crippen LogP contribution in [0.3, 0.4) is 0 Å². The van der Waals surface area contributed by atoms with E-state index in [0.29, 0.717) is 0 Å². The quantitative estimate of drug-likeness (QED) is 0.690. The number of aliphatic hydroxyl groups excluding tert-OH is 1. The number of hydrogen-bond acceptors (Lipinski definition) is 2. The number of aryl methyl sites for hydroxylation is 1. The third-order valence-corrected chi connectivity index (χ3v) is 1.95. The predicted molar refractivity (Wildman–Crippen MR) is 51.3 cm³/mol. The average Bonchev–Trinajstić information content (AvgIpc) is 2.10. The van der Waals surface area contributed by atoms with Gasteiger partial charge in [0.05, 0.1) is 0 Å². The average molecular weight is 165 g/mol. The summed E-state index contributed by atoms with van der Waals surface area (Å²) in [6.45, 7) is 4.99. The van der Waals surface area contributed by atoms with Gasteiger partial charge in [0.15, 0.2) is 0 Å². The van der Waals surface area contributed by atoms with Crippen LogP contribution < -0.4 is 4.90 Å². The molecule has 1 aromatic rings. The molecule has 0 aromatic heterocycles. The summed E-state index contributed by atoms with van der Waals surface area (Å²) in [7, 11) is 0. The summed E-state index contributed by atoms with van der Waals surface area (Å²) < 4.78 is 0. The molecule has 1 aromatic carbocycles. The fourth-order valence-electron chi connectivity index (χ4n) is 1.12. The van der Waals surface area contributed by atoms with E-state index >= 15 is 0 Å². The molecule has 0 amide bonds. The van der Waals surface area contributed by atoms with Crippen LogP contribution in [0.2, 0.25) is 0 Å². The Labute approximate surface area is 73.4 Å². The van der Waals surface area contributed by atoms with E-state index in [1.54, 1.807) is 0 Å². The summed E-state index contributed by atoms with van der Waals surface area (Å²) in [5.74, 6) is 0. The Hall–Kier alpha value is -1.02. The molecular formula is C10H15NO. The number of benzene rings is 1. The van der Waals surface area contributed by atoms with Crippen molar-refractivity contribution in [3.05, 3.63) is 29.8 Å². The van der Waals surface area contributed by atoms with Crippen molar-refractivity contribution in [2.24, 2.45) is 0 Å². The van der Waals surface area contributed by atoms with E-state index < -0.39 is 0 Å². The van der Waals surface area contributed by atoms with Crippen molar-refractivity contribution in [1.29, 1.82) is 0 Å². The zero-order valence-corrected chi connectivity index (χ0v) is 7.62. The molecule has 0 saturated heterocycles. The van der Waals surface area contributed by atoms with Gasteiger partial charge in [-0.05, 0) is 26.0 Å². The molecule has 0 radical (unpaired) electrons. The minimum atomic E-state index is 0.0829. The fraction of sp³-hybridized carbons (Fsp3) is 0.400. The van der Waals surface area contributed by atoms with Crippen LogP contribution in [0.5, 0.6) is 0 Å². The van der Waals surface area contributed by atoms with Crippen molar-refractivity contribution in [3.8, 4) is 0 Å². The summed E-state index contributed by atoms with van der Waals surface area (Å²) in [4.78, 5) is 1.90. The third kappa shape index (κ3) is 1.98. The normalized spacial score (nSPS) is 9.92. The lowest BCUT2D eigenvalue weighted by molar-refractivity contribution is 0.293. The Bertz CT molecular complexity index is 226. The number of nitrogens with zero attached hydrogens (tertiary/aromatic N) is 1. The second-order valence-corrected chi connectivity index (χ2v) is 2.83. The molecule has 0 bridgehead atoms. The summed E-state index contributed by atoms with van der Waals surface area (Å²) in [6, 6.07) is 8.14. The van der Waals surface area contributed by atoms with Gasteiger partial charge in [-0.3, -0.25) is 0 Å². The maximum absolute atomic E-state index is 8.97. The number of hydrogen-bond donors (Lipinski definition) is 1. The number of aliphatic hydroxyl groups is 1. The van der Waals surface area contributed by atoms with Crippen molar-refractivity contribution < 1.29 is 5.11 Å². The molecule has 1 N–H and O–H groups in total. The van der Waals surface area contributed by atoms with Crippen LogP contribution in [0.4, 0.5) is 5.69 Å². The minimum absolute atomic E-state index is 0.0829. The summed E-state index contributed by atoms with van der Waals surface area (Å²) in [5, 5.41) is 8.97. The monoisotopic (exact) mass is 165 g/mol. The molecule has 0 aliphatic rings. The van der Waals surface area contributed by atoms with E-state index in [1.807, 2.05) is 36.1 Å². The highest BCUT2D eigenvalue weighted by molar-refractivity contribution is 5.46. The fourth-order valence-corrected chi connectivity index (χ4v) is 1.12. The maximum Gasteiger partial charge on any atom is 0.115 e. The van der Waals surface area contributed by atoms with Gasteiger partial charge in [0.25, 0.3) is 0 Å². The zero-order chi connectivity index (χ0) is 8.97. The molecule has 0 saturated carbocycles. The van der Waals surface area contributed by atoms with E-state index in [9.17, 15) is 0 Å². The largest absolute Gasteiger partial charge is 0.376 e. The van der Waals surface area contributed by atoms with Crippen LogP contribution in [0.1, 0.15) is 12.5 Å². The maximum atomic E-state index is 8.97. The summed E-state index contributed by atoms with van der Waals surface area (Å²) in [5.41, 5.74) is 2.32. The van der Waals surface area contributed by atoms with Gasteiger partial charge >= 0.3 is 0 Å². The first kappa shape index (κ1) is 9.07. The van der Waals surface area contributed by atoms with E-state index in [4.69, 9.17) is 5.11 Å². The van der Waals surface area contributed by atoms with Crippen LogP contribution in [0, 0.1) is 6.92 Å². The topological polar surface area (TPSA) is 23.5 Å². The van der Waals surface area contributed by atoms with E-state index in [-0.39, 0.29) is 6.73 Å². The first-order valence-corrected chi connectivity index (χ1v) is 4.20. The van der Waals surface area contributed by atoms with Gasteiger partial charge < -0.3 is 10.0 Å². The summed E-state index contributed by atoms with van der Waals surface area (Å²) >= 11 is 0. The summed E-state index contributed by atoms with van der Waals surface area (Å²) in [6.07, 6.45) is 0. The van der Waals surface area contributed by atoms with Crippen molar-refractivity contribution in [1.82, 2.24) is 0 Å². The molecule has 2 heteroatoms. The first-order valence-electron chi connectivity index (χ1n) is 4.20. The van der Waals surface area contributed by atoms with Crippen LogP contribution >= 0.6 is 0 Å². The van der Waals surface area contributed by atoms with Gasteiger partial charge in [0.2, 0.25) is 0 Å². The minimum Gasteiger partial charge on any atom is -0.376 e. The molecule has 66 valence electrons. The highest BCUT2D eigenvalue weighted by Gasteiger charge is 1.99. The molecule has 0 unspecified atom stereocenters. The molecule has 0 fully saturated rings. The van der Waals surface area contributed by atoms with E-state index in [0.717, 1.165) is 12.2 Å². The van der Waals surface area contributed by atoms with Crippen LogP contribution in [0.25, 0.3) is 0 Å². The molecule has 12 heavy (non-hydrogen) atoms. The lowest BCUT2D eigenvalue weighted by Gasteiger charge is -2.19. The second kappa shape index (κ2) is 4.12. The molecule has 0 heterocycles. The molecule has 2 nitrogen and oxygen atoms in total.